The van der Waals surface area contributed by atoms with Crippen molar-refractivity contribution in [2.45, 2.75) is 58.5 Å². The van der Waals surface area contributed by atoms with Gasteiger partial charge in [0.1, 0.15) is 11.8 Å². The highest BCUT2D eigenvalue weighted by molar-refractivity contribution is 6.31. The lowest BCUT2D eigenvalue weighted by molar-refractivity contribution is 0.0797. The molecule has 0 spiro atoms. The van der Waals surface area contributed by atoms with Crippen molar-refractivity contribution in [2.24, 2.45) is 5.92 Å². The number of imidazole rings is 1. The molecule has 1 atom stereocenters. The number of amides is 1. The summed E-state index contributed by atoms with van der Waals surface area (Å²) in [5.41, 5.74) is 4.27. The molecule has 0 saturated heterocycles. The molecule has 0 saturated carbocycles. The standard InChI is InChI=1S/C31H37ClN4O3/c1-22(2)20-39-31(37)36-16-13-26-27-19-24(32)9-12-28(27)34-29(26)30(36)23-7-10-25(11-8-23)38-18-6-4-3-5-15-35-17-14-33-21-35/h7-12,14,17,19,21-22,30,34H,3-6,13,15-16,18,20H2,1-2H3. The van der Waals surface area contributed by atoms with Crippen LogP contribution in [0.15, 0.2) is 61.2 Å². The van der Waals surface area contributed by atoms with Gasteiger partial charge in [0.25, 0.3) is 0 Å². The molecule has 0 aliphatic carbocycles. The van der Waals surface area contributed by atoms with Crippen molar-refractivity contribution in [1.82, 2.24) is 19.4 Å². The van der Waals surface area contributed by atoms with Crippen LogP contribution >= 0.6 is 11.6 Å². The van der Waals surface area contributed by atoms with Gasteiger partial charge in [-0.1, -0.05) is 50.4 Å². The minimum absolute atomic E-state index is 0.274. The van der Waals surface area contributed by atoms with E-state index in [0.717, 1.165) is 60.1 Å². The average Bonchev–Trinajstić information content (AvgIpc) is 3.59. The molecule has 1 aliphatic rings. The molecule has 2 aromatic heterocycles. The Morgan fingerprint density at radius 1 is 1.13 bits per heavy atom. The summed E-state index contributed by atoms with van der Waals surface area (Å²) in [6.45, 7) is 6.76. The van der Waals surface area contributed by atoms with Gasteiger partial charge in [-0.2, -0.15) is 0 Å². The molecule has 206 valence electrons. The van der Waals surface area contributed by atoms with E-state index in [4.69, 9.17) is 21.1 Å². The number of nitrogens with one attached hydrogen (secondary N) is 1. The molecule has 1 aliphatic heterocycles. The van der Waals surface area contributed by atoms with Gasteiger partial charge in [-0.05, 0) is 66.6 Å². The van der Waals surface area contributed by atoms with E-state index in [0.29, 0.717) is 24.8 Å². The molecule has 4 aromatic rings. The van der Waals surface area contributed by atoms with Crippen LogP contribution in [0.4, 0.5) is 4.79 Å². The number of unbranched alkanes of at least 4 members (excludes halogenated alkanes) is 3. The maximum absolute atomic E-state index is 13.2. The monoisotopic (exact) mass is 548 g/mol. The van der Waals surface area contributed by atoms with E-state index in [1.54, 1.807) is 0 Å². The van der Waals surface area contributed by atoms with Gasteiger partial charge in [-0.15, -0.1) is 0 Å². The van der Waals surface area contributed by atoms with E-state index < -0.39 is 0 Å². The van der Waals surface area contributed by atoms with E-state index in [1.807, 2.05) is 67.8 Å². The number of aromatic nitrogens is 3. The SMILES string of the molecule is CC(C)COC(=O)N1CCc2c([nH]c3ccc(Cl)cc23)C1c1ccc(OCCCCCCn2ccnc2)cc1. The minimum Gasteiger partial charge on any atom is -0.494 e. The van der Waals surface area contributed by atoms with Gasteiger partial charge in [0.15, 0.2) is 0 Å². The number of carbonyl (C=O) groups excluding carboxylic acids is 1. The molecule has 5 rings (SSSR count). The summed E-state index contributed by atoms with van der Waals surface area (Å²) >= 11 is 6.32. The Labute approximate surface area is 235 Å². The van der Waals surface area contributed by atoms with Crippen LogP contribution in [0, 0.1) is 5.92 Å². The number of ether oxygens (including phenoxy) is 2. The number of hydrogen-bond acceptors (Lipinski definition) is 4. The molecule has 0 fully saturated rings. The quantitative estimate of drug-likeness (QED) is 0.198. The zero-order valence-electron chi connectivity index (χ0n) is 22.7. The number of aromatic amines is 1. The van der Waals surface area contributed by atoms with Crippen LogP contribution < -0.4 is 4.74 Å². The third-order valence-electron chi connectivity index (χ3n) is 7.20. The summed E-state index contributed by atoms with van der Waals surface area (Å²) in [5, 5.41) is 1.82. The zero-order chi connectivity index (χ0) is 27.2. The fourth-order valence-corrected chi connectivity index (χ4v) is 5.40. The second-order valence-electron chi connectivity index (χ2n) is 10.7. The second kappa shape index (κ2) is 12.6. The first-order valence-electron chi connectivity index (χ1n) is 13.9. The smallest absolute Gasteiger partial charge is 0.410 e. The molecular formula is C31H37ClN4O3. The Balaban J connectivity index is 1.25. The molecule has 8 heteroatoms. The maximum atomic E-state index is 13.2. The van der Waals surface area contributed by atoms with Crippen LogP contribution in [-0.2, 0) is 17.7 Å². The van der Waals surface area contributed by atoms with Gasteiger partial charge in [0.05, 0.1) is 19.5 Å². The molecule has 3 heterocycles. The molecule has 0 radical (unpaired) electrons. The first-order valence-corrected chi connectivity index (χ1v) is 14.3. The number of carbonyl (C=O) groups is 1. The normalized spacial score (nSPS) is 15.1. The molecule has 1 N–H and O–H groups in total. The summed E-state index contributed by atoms with van der Waals surface area (Å²) in [4.78, 5) is 22.7. The van der Waals surface area contributed by atoms with Crippen molar-refractivity contribution < 1.29 is 14.3 Å². The first-order chi connectivity index (χ1) is 19.0. The molecule has 7 nitrogen and oxygen atoms in total. The van der Waals surface area contributed by atoms with Gasteiger partial charge in [0, 0.05) is 47.1 Å². The van der Waals surface area contributed by atoms with Gasteiger partial charge >= 0.3 is 6.09 Å². The van der Waals surface area contributed by atoms with E-state index in [9.17, 15) is 4.79 Å². The topological polar surface area (TPSA) is 72.4 Å². The largest absolute Gasteiger partial charge is 0.494 e. The average molecular weight is 549 g/mol. The van der Waals surface area contributed by atoms with Crippen LogP contribution in [-0.4, -0.2) is 45.3 Å². The molecule has 39 heavy (non-hydrogen) atoms. The van der Waals surface area contributed by atoms with Crippen LogP contribution in [0.3, 0.4) is 0 Å². The minimum atomic E-state index is -0.288. The van der Waals surface area contributed by atoms with Gasteiger partial charge in [-0.3, -0.25) is 4.90 Å². The number of H-pyrrole nitrogens is 1. The van der Waals surface area contributed by atoms with Gasteiger partial charge in [0.2, 0.25) is 0 Å². The summed E-state index contributed by atoms with van der Waals surface area (Å²) in [7, 11) is 0. The number of rotatable bonds is 11. The van der Waals surface area contributed by atoms with Crippen molar-refractivity contribution in [1.29, 1.82) is 0 Å². The highest BCUT2D eigenvalue weighted by Gasteiger charge is 2.35. The number of benzene rings is 2. The second-order valence-corrected chi connectivity index (χ2v) is 11.1. The molecular weight excluding hydrogens is 512 g/mol. The van der Waals surface area contributed by atoms with E-state index in [-0.39, 0.29) is 18.1 Å². The van der Waals surface area contributed by atoms with Crippen molar-refractivity contribution in [3.63, 3.8) is 0 Å². The van der Waals surface area contributed by atoms with Crippen molar-refractivity contribution in [3.8, 4) is 5.75 Å². The fourth-order valence-electron chi connectivity index (χ4n) is 5.23. The zero-order valence-corrected chi connectivity index (χ0v) is 23.5. The number of hydrogen-bond donors (Lipinski definition) is 1. The Bertz CT molecular complexity index is 1360. The lowest BCUT2D eigenvalue weighted by Gasteiger charge is -2.35. The molecule has 0 bridgehead atoms. The van der Waals surface area contributed by atoms with E-state index in [1.165, 1.54) is 12.0 Å². The van der Waals surface area contributed by atoms with E-state index in [2.05, 4.69) is 26.7 Å². The van der Waals surface area contributed by atoms with Crippen molar-refractivity contribution in [2.75, 3.05) is 19.8 Å². The molecule has 2 aromatic carbocycles. The molecule has 1 unspecified atom stereocenters. The van der Waals surface area contributed by atoms with Crippen molar-refractivity contribution >= 4 is 28.6 Å². The number of aryl methyl sites for hydroxylation is 1. The predicted octanol–water partition coefficient (Wildman–Crippen LogP) is 7.40. The van der Waals surface area contributed by atoms with Crippen LogP contribution in [0.5, 0.6) is 5.75 Å². The highest BCUT2D eigenvalue weighted by atomic mass is 35.5. The predicted molar refractivity (Wildman–Crippen MR) is 154 cm³/mol. The maximum Gasteiger partial charge on any atom is 0.410 e. The Morgan fingerprint density at radius 3 is 2.72 bits per heavy atom. The van der Waals surface area contributed by atoms with Crippen LogP contribution in [0.2, 0.25) is 5.02 Å². The van der Waals surface area contributed by atoms with Crippen LogP contribution in [0.25, 0.3) is 10.9 Å². The number of halogens is 1. The number of nitrogens with zero attached hydrogens (tertiary/aromatic N) is 3. The fraction of sp³-hybridized carbons (Fsp3) is 0.419. The molecule has 1 amide bonds. The lowest BCUT2D eigenvalue weighted by Crippen LogP contribution is -2.41. The highest BCUT2D eigenvalue weighted by Crippen LogP contribution is 2.39. The van der Waals surface area contributed by atoms with Gasteiger partial charge < -0.3 is 19.0 Å². The Hall–Kier alpha value is -3.45. The summed E-state index contributed by atoms with van der Waals surface area (Å²) in [6.07, 6.45) is 10.6. The summed E-state index contributed by atoms with van der Waals surface area (Å²) in [5.74, 6) is 1.11. The third kappa shape index (κ3) is 6.59. The van der Waals surface area contributed by atoms with E-state index >= 15 is 0 Å². The number of fused-ring (bicyclic) bond motifs is 3. The lowest BCUT2D eigenvalue weighted by atomic mass is 9.92. The summed E-state index contributed by atoms with van der Waals surface area (Å²) < 4.78 is 13.8. The van der Waals surface area contributed by atoms with Gasteiger partial charge in [-0.25, -0.2) is 9.78 Å². The summed E-state index contributed by atoms with van der Waals surface area (Å²) in [6, 6.07) is 13.7. The van der Waals surface area contributed by atoms with Crippen LogP contribution in [0.1, 0.15) is 62.4 Å². The van der Waals surface area contributed by atoms with Crippen molar-refractivity contribution in [3.05, 3.63) is 83.0 Å². The Kier molecular flexibility index (Phi) is 8.77. The third-order valence-corrected chi connectivity index (χ3v) is 7.43. The Morgan fingerprint density at radius 2 is 1.95 bits per heavy atom. The first kappa shape index (κ1) is 27.1.